The number of thioether (sulfide) groups is 1. The van der Waals surface area contributed by atoms with Gasteiger partial charge in [-0.1, -0.05) is 61.4 Å². The lowest BCUT2D eigenvalue weighted by molar-refractivity contribution is -0.151. The third kappa shape index (κ3) is 4.51. The number of carbonyl (C=O) groups is 3. The normalized spacial score (nSPS) is 25.6. The van der Waals surface area contributed by atoms with Gasteiger partial charge in [-0.15, -0.1) is 11.8 Å². The van der Waals surface area contributed by atoms with E-state index in [1.54, 1.807) is 0 Å². The maximum atomic E-state index is 13.4. The van der Waals surface area contributed by atoms with Gasteiger partial charge in [-0.2, -0.15) is 0 Å². The minimum Gasteiger partial charge on any atom is -0.480 e. The predicted octanol–water partition coefficient (Wildman–Crippen LogP) is 4.46. The number of nitrogens with one attached hydrogen (secondary N) is 1. The Labute approximate surface area is 209 Å². The summed E-state index contributed by atoms with van der Waals surface area (Å²) in [5.41, 5.74) is 4.63. The Hall–Kier alpha value is -3.00. The topological polar surface area (TPSA) is 95.9 Å². The first-order valence-electron chi connectivity index (χ1n) is 12.2. The van der Waals surface area contributed by atoms with Crippen LogP contribution in [0, 0.1) is 5.92 Å². The van der Waals surface area contributed by atoms with Gasteiger partial charge in [-0.3, -0.25) is 4.79 Å². The lowest BCUT2D eigenvalue weighted by Gasteiger charge is -2.36. The highest BCUT2D eigenvalue weighted by atomic mass is 32.2. The number of carboxylic acid groups (broad SMARTS) is 1. The molecule has 2 N–H and O–H groups in total. The summed E-state index contributed by atoms with van der Waals surface area (Å²) in [4.78, 5) is 39.5. The Kier molecular flexibility index (Phi) is 6.73. The molecule has 1 saturated heterocycles. The van der Waals surface area contributed by atoms with Crippen LogP contribution in [-0.4, -0.2) is 57.8 Å². The molecule has 2 unspecified atom stereocenters. The molecule has 4 atom stereocenters. The van der Waals surface area contributed by atoms with Crippen LogP contribution in [0.25, 0.3) is 11.1 Å². The molecule has 2 amide bonds. The van der Waals surface area contributed by atoms with Crippen LogP contribution in [-0.2, 0) is 14.3 Å². The fourth-order valence-electron chi connectivity index (χ4n) is 5.75. The third-order valence-electron chi connectivity index (χ3n) is 7.49. The number of amides is 2. The number of rotatable bonds is 5. The summed E-state index contributed by atoms with van der Waals surface area (Å²) in [6.07, 6.45) is 2.56. The van der Waals surface area contributed by atoms with Crippen LogP contribution in [0.2, 0.25) is 0 Å². The van der Waals surface area contributed by atoms with E-state index in [1.807, 2.05) is 31.2 Å². The van der Waals surface area contributed by atoms with E-state index in [-0.39, 0.29) is 29.8 Å². The Morgan fingerprint density at radius 3 is 2.31 bits per heavy atom. The fourth-order valence-corrected chi connectivity index (χ4v) is 6.93. The van der Waals surface area contributed by atoms with Crippen LogP contribution in [0.4, 0.5) is 4.79 Å². The average molecular weight is 495 g/mol. The lowest BCUT2D eigenvalue weighted by atomic mass is 9.83. The molecule has 184 valence electrons. The second kappa shape index (κ2) is 9.93. The Morgan fingerprint density at radius 2 is 1.66 bits per heavy atom. The predicted molar refractivity (Wildman–Crippen MR) is 134 cm³/mol. The Morgan fingerprint density at radius 1 is 1.03 bits per heavy atom. The van der Waals surface area contributed by atoms with E-state index in [0.29, 0.717) is 18.6 Å². The number of fused-ring (bicyclic) bond motifs is 3. The second-order valence-electron chi connectivity index (χ2n) is 9.50. The lowest BCUT2D eigenvalue weighted by Crippen LogP contribution is -2.53. The van der Waals surface area contributed by atoms with Crippen LogP contribution in [0.1, 0.15) is 49.7 Å². The van der Waals surface area contributed by atoms with Gasteiger partial charge in [0.1, 0.15) is 12.6 Å². The summed E-state index contributed by atoms with van der Waals surface area (Å²) in [5.74, 6) is -1.24. The van der Waals surface area contributed by atoms with Crippen molar-refractivity contribution < 1.29 is 24.2 Å². The number of carboxylic acids is 1. The first-order valence-corrected chi connectivity index (χ1v) is 13.3. The molecule has 0 aromatic heterocycles. The second-order valence-corrected chi connectivity index (χ2v) is 10.8. The van der Waals surface area contributed by atoms with Crippen LogP contribution in [0.5, 0.6) is 0 Å². The van der Waals surface area contributed by atoms with Crippen molar-refractivity contribution in [2.24, 2.45) is 5.92 Å². The van der Waals surface area contributed by atoms with Gasteiger partial charge >= 0.3 is 12.1 Å². The van der Waals surface area contributed by atoms with Gasteiger partial charge in [0.2, 0.25) is 5.91 Å². The molecule has 0 bridgehead atoms. The summed E-state index contributed by atoms with van der Waals surface area (Å²) < 4.78 is 5.70. The number of nitrogens with zero attached hydrogens (tertiary/aromatic N) is 1. The molecule has 5 rings (SSSR count). The summed E-state index contributed by atoms with van der Waals surface area (Å²) in [6, 6.07) is 15.2. The van der Waals surface area contributed by atoms with Crippen molar-refractivity contribution in [3.63, 3.8) is 0 Å². The molecule has 3 aliphatic rings. The SMILES string of the molecule is CC1SCC(C(=O)O)N1C(=O)[C@H]1CCCC[C@H]1NC(=O)OCC1c2ccccc2-c2ccccc21. The van der Waals surface area contributed by atoms with Gasteiger partial charge in [0, 0.05) is 17.7 Å². The summed E-state index contributed by atoms with van der Waals surface area (Å²) in [6.45, 7) is 2.08. The van der Waals surface area contributed by atoms with Gasteiger partial charge in [0.15, 0.2) is 0 Å². The van der Waals surface area contributed by atoms with Crippen molar-refractivity contribution in [3.05, 3.63) is 59.7 Å². The Bertz CT molecular complexity index is 1090. The number of benzene rings is 2. The highest BCUT2D eigenvalue weighted by molar-refractivity contribution is 8.00. The molecular formula is C27H30N2O5S. The number of aliphatic carboxylic acids is 1. The van der Waals surface area contributed by atoms with Gasteiger partial charge in [0.05, 0.1) is 11.3 Å². The fraction of sp³-hybridized carbons (Fsp3) is 0.444. The first-order chi connectivity index (χ1) is 17.0. The number of ether oxygens (including phenoxy) is 1. The molecule has 2 aromatic carbocycles. The molecule has 2 aromatic rings. The average Bonchev–Trinajstić information content (AvgIpc) is 3.41. The highest BCUT2D eigenvalue weighted by Crippen LogP contribution is 2.44. The van der Waals surface area contributed by atoms with E-state index >= 15 is 0 Å². The molecule has 2 aliphatic carbocycles. The van der Waals surface area contributed by atoms with Crippen molar-refractivity contribution in [1.29, 1.82) is 0 Å². The van der Waals surface area contributed by atoms with Gasteiger partial charge in [-0.05, 0) is 42.0 Å². The van der Waals surface area contributed by atoms with Crippen molar-refractivity contribution in [1.82, 2.24) is 10.2 Å². The molecule has 8 heteroatoms. The molecule has 1 aliphatic heterocycles. The van der Waals surface area contributed by atoms with E-state index < -0.39 is 24.0 Å². The smallest absolute Gasteiger partial charge is 0.407 e. The largest absolute Gasteiger partial charge is 0.480 e. The third-order valence-corrected chi connectivity index (χ3v) is 8.71. The molecule has 1 heterocycles. The van der Waals surface area contributed by atoms with Crippen molar-refractivity contribution >= 4 is 29.7 Å². The number of alkyl carbamates (subject to hydrolysis) is 1. The summed E-state index contributed by atoms with van der Waals surface area (Å²) >= 11 is 1.47. The molecule has 2 fully saturated rings. The highest BCUT2D eigenvalue weighted by Gasteiger charge is 2.44. The molecule has 7 nitrogen and oxygen atoms in total. The molecule has 35 heavy (non-hydrogen) atoms. The number of hydrogen-bond donors (Lipinski definition) is 2. The number of carbonyl (C=O) groups excluding carboxylic acids is 2. The van der Waals surface area contributed by atoms with Crippen molar-refractivity contribution in [2.75, 3.05) is 12.4 Å². The van der Waals surface area contributed by atoms with Crippen LogP contribution >= 0.6 is 11.8 Å². The zero-order chi connectivity index (χ0) is 24.5. The van der Waals surface area contributed by atoms with Gasteiger partial charge < -0.3 is 20.1 Å². The first kappa shape index (κ1) is 23.7. The maximum Gasteiger partial charge on any atom is 0.407 e. The minimum atomic E-state index is -0.980. The van der Waals surface area contributed by atoms with Crippen molar-refractivity contribution in [3.8, 4) is 11.1 Å². The zero-order valence-electron chi connectivity index (χ0n) is 19.7. The quantitative estimate of drug-likeness (QED) is 0.637. The van der Waals surface area contributed by atoms with Gasteiger partial charge in [0.25, 0.3) is 0 Å². The molecular weight excluding hydrogens is 464 g/mol. The van der Waals surface area contributed by atoms with Crippen molar-refractivity contribution in [2.45, 2.75) is 56.0 Å². The summed E-state index contributed by atoms with van der Waals surface area (Å²) in [5, 5.41) is 12.3. The maximum absolute atomic E-state index is 13.4. The standard InChI is InChI=1S/C27H30N2O5S/c1-16-29(24(15-35-16)26(31)32)25(30)21-12-6-7-13-23(21)28-27(33)34-14-22-19-10-4-2-8-17(19)18-9-3-5-11-20(18)22/h2-5,8-11,16,21-24H,6-7,12-15H2,1H3,(H,28,33)(H,31,32)/t16?,21-,23+,24?/m0/s1. The van der Waals surface area contributed by atoms with E-state index in [1.165, 1.54) is 27.8 Å². The van der Waals surface area contributed by atoms with E-state index in [0.717, 1.165) is 24.0 Å². The van der Waals surface area contributed by atoms with Crippen LogP contribution in [0.3, 0.4) is 0 Å². The van der Waals surface area contributed by atoms with E-state index in [2.05, 4.69) is 29.6 Å². The Balaban J connectivity index is 1.26. The molecule has 0 radical (unpaired) electrons. The number of hydrogen-bond acceptors (Lipinski definition) is 5. The van der Waals surface area contributed by atoms with E-state index in [9.17, 15) is 19.5 Å². The van der Waals surface area contributed by atoms with Crippen LogP contribution < -0.4 is 5.32 Å². The summed E-state index contributed by atoms with van der Waals surface area (Å²) in [7, 11) is 0. The minimum absolute atomic E-state index is 0.0317. The van der Waals surface area contributed by atoms with Crippen LogP contribution in [0.15, 0.2) is 48.5 Å². The molecule has 1 saturated carbocycles. The zero-order valence-corrected chi connectivity index (χ0v) is 20.5. The van der Waals surface area contributed by atoms with E-state index in [4.69, 9.17) is 4.74 Å². The van der Waals surface area contributed by atoms with Gasteiger partial charge in [-0.25, -0.2) is 9.59 Å². The molecule has 0 spiro atoms. The monoisotopic (exact) mass is 494 g/mol.